The molecule has 0 saturated heterocycles. The molecule has 21 heavy (non-hydrogen) atoms. The van der Waals surface area contributed by atoms with E-state index in [1.54, 1.807) is 6.07 Å². The van der Waals surface area contributed by atoms with E-state index >= 15 is 0 Å². The molecule has 0 amide bonds. The fourth-order valence-electron chi connectivity index (χ4n) is 2.70. The second-order valence-corrected chi connectivity index (χ2v) is 7.65. The van der Waals surface area contributed by atoms with Gasteiger partial charge in [0, 0.05) is 21.0 Å². The van der Waals surface area contributed by atoms with E-state index in [2.05, 4.69) is 19.2 Å². The highest BCUT2D eigenvalue weighted by atomic mass is 35.5. The van der Waals surface area contributed by atoms with E-state index in [1.807, 2.05) is 23.5 Å². The molecular formula is C16H18Cl2N2S. The molecule has 0 aliphatic heterocycles. The van der Waals surface area contributed by atoms with Crippen LogP contribution in [0.4, 0.5) is 0 Å². The molecule has 1 heterocycles. The number of nitrogens with one attached hydrogen (secondary N) is 1. The molecule has 1 unspecified atom stereocenters. The number of halogens is 2. The van der Waals surface area contributed by atoms with Gasteiger partial charge in [0.2, 0.25) is 0 Å². The topological polar surface area (TPSA) is 24.9 Å². The Morgan fingerprint density at radius 2 is 2.05 bits per heavy atom. The van der Waals surface area contributed by atoms with Crippen LogP contribution >= 0.6 is 34.5 Å². The van der Waals surface area contributed by atoms with Crippen LogP contribution in [0.3, 0.4) is 0 Å². The first-order valence-electron chi connectivity index (χ1n) is 7.24. The first-order valence-corrected chi connectivity index (χ1v) is 8.81. The number of aryl methyl sites for hydroxylation is 2. The van der Waals surface area contributed by atoms with Crippen molar-refractivity contribution in [1.82, 2.24) is 10.3 Å². The van der Waals surface area contributed by atoms with E-state index < -0.39 is 0 Å². The average molecular weight is 341 g/mol. The fraction of sp³-hybridized carbons (Fsp3) is 0.438. The molecular weight excluding hydrogens is 323 g/mol. The predicted molar refractivity (Wildman–Crippen MR) is 90.7 cm³/mol. The number of benzene rings is 1. The Morgan fingerprint density at radius 3 is 2.71 bits per heavy atom. The van der Waals surface area contributed by atoms with Crippen LogP contribution in [0, 0.1) is 0 Å². The van der Waals surface area contributed by atoms with Crippen LogP contribution < -0.4 is 5.32 Å². The molecule has 0 bridgehead atoms. The highest BCUT2D eigenvalue weighted by molar-refractivity contribution is 7.11. The third kappa shape index (κ3) is 3.26. The quantitative estimate of drug-likeness (QED) is 0.844. The van der Waals surface area contributed by atoms with Crippen LogP contribution in [0.15, 0.2) is 18.2 Å². The molecule has 2 nitrogen and oxygen atoms in total. The molecule has 3 rings (SSSR count). The van der Waals surface area contributed by atoms with Crippen LogP contribution in [-0.4, -0.2) is 11.0 Å². The summed E-state index contributed by atoms with van der Waals surface area (Å²) in [6.45, 7) is 4.27. The van der Waals surface area contributed by atoms with Crippen LogP contribution in [0.1, 0.15) is 47.5 Å². The number of nitrogens with zero attached hydrogens (tertiary/aromatic N) is 1. The molecule has 0 fully saturated rings. The minimum Gasteiger partial charge on any atom is -0.302 e. The van der Waals surface area contributed by atoms with Gasteiger partial charge in [-0.1, -0.05) is 29.3 Å². The zero-order valence-electron chi connectivity index (χ0n) is 12.1. The monoisotopic (exact) mass is 340 g/mol. The third-order valence-corrected chi connectivity index (χ3v) is 5.42. The van der Waals surface area contributed by atoms with Gasteiger partial charge in [-0.2, -0.15) is 0 Å². The van der Waals surface area contributed by atoms with E-state index in [4.69, 9.17) is 28.2 Å². The van der Waals surface area contributed by atoms with E-state index in [0.717, 1.165) is 23.4 Å². The van der Waals surface area contributed by atoms with E-state index in [9.17, 15) is 0 Å². The Bertz CT molecular complexity index is 630. The van der Waals surface area contributed by atoms with Crippen molar-refractivity contribution in [3.8, 4) is 0 Å². The smallest absolute Gasteiger partial charge is 0.115 e. The summed E-state index contributed by atoms with van der Waals surface area (Å²) in [6, 6.07) is 6.07. The van der Waals surface area contributed by atoms with Crippen molar-refractivity contribution in [3.05, 3.63) is 49.4 Å². The Labute approximate surface area is 139 Å². The summed E-state index contributed by atoms with van der Waals surface area (Å²) < 4.78 is 0. The number of rotatable bonds is 4. The normalized spacial score (nSPS) is 15.5. The number of thiazole rings is 1. The summed E-state index contributed by atoms with van der Waals surface area (Å²) in [5, 5.41) is 6.04. The van der Waals surface area contributed by atoms with Crippen molar-refractivity contribution in [2.45, 2.75) is 45.2 Å². The zero-order valence-corrected chi connectivity index (χ0v) is 14.4. The van der Waals surface area contributed by atoms with Crippen molar-refractivity contribution in [1.29, 1.82) is 0 Å². The lowest BCUT2D eigenvalue weighted by Gasteiger charge is -2.21. The lowest BCUT2D eigenvalue weighted by atomic mass is 10.1. The number of aromatic nitrogens is 1. The maximum absolute atomic E-state index is 6.40. The largest absolute Gasteiger partial charge is 0.302 e. The summed E-state index contributed by atoms with van der Waals surface area (Å²) in [7, 11) is 0. The molecule has 2 aromatic rings. The summed E-state index contributed by atoms with van der Waals surface area (Å²) >= 11 is 14.2. The molecule has 1 aliphatic rings. The van der Waals surface area contributed by atoms with E-state index in [-0.39, 0.29) is 6.04 Å². The summed E-state index contributed by atoms with van der Waals surface area (Å²) in [5.41, 5.74) is 2.32. The van der Waals surface area contributed by atoms with Crippen molar-refractivity contribution < 1.29 is 0 Å². The van der Waals surface area contributed by atoms with Gasteiger partial charge in [0.05, 0.1) is 11.7 Å². The minimum absolute atomic E-state index is 0.0327. The molecule has 1 aromatic carbocycles. The maximum Gasteiger partial charge on any atom is 0.115 e. The van der Waals surface area contributed by atoms with Gasteiger partial charge in [0.1, 0.15) is 5.01 Å². The van der Waals surface area contributed by atoms with Gasteiger partial charge >= 0.3 is 0 Å². The van der Waals surface area contributed by atoms with Crippen molar-refractivity contribution in [3.63, 3.8) is 0 Å². The molecule has 1 aromatic heterocycles. The maximum atomic E-state index is 6.40. The van der Waals surface area contributed by atoms with Crippen molar-refractivity contribution >= 4 is 34.5 Å². The van der Waals surface area contributed by atoms with Gasteiger partial charge in [0.15, 0.2) is 0 Å². The van der Waals surface area contributed by atoms with E-state index in [1.165, 1.54) is 17.0 Å². The van der Waals surface area contributed by atoms with Gasteiger partial charge in [0.25, 0.3) is 0 Å². The number of fused-ring (bicyclic) bond motifs is 1. The lowest BCUT2D eigenvalue weighted by Crippen LogP contribution is -2.29. The van der Waals surface area contributed by atoms with E-state index in [0.29, 0.717) is 16.1 Å². The van der Waals surface area contributed by atoms with Crippen LogP contribution in [0.5, 0.6) is 0 Å². The van der Waals surface area contributed by atoms with Gasteiger partial charge < -0.3 is 5.32 Å². The predicted octanol–water partition coefficient (Wildman–Crippen LogP) is 5.03. The van der Waals surface area contributed by atoms with Crippen molar-refractivity contribution in [2.24, 2.45) is 0 Å². The SMILES string of the molecule is CC(C)NC(c1nc2c(s1)CCC2)c1ccc(Cl)cc1Cl. The lowest BCUT2D eigenvalue weighted by molar-refractivity contribution is 0.526. The Balaban J connectivity index is 2.00. The molecule has 1 atom stereocenters. The van der Waals surface area contributed by atoms with Gasteiger partial charge in [-0.25, -0.2) is 4.98 Å². The van der Waals surface area contributed by atoms with Crippen molar-refractivity contribution in [2.75, 3.05) is 0 Å². The number of hydrogen-bond donors (Lipinski definition) is 1. The summed E-state index contributed by atoms with van der Waals surface area (Å²) in [5.74, 6) is 0. The highest BCUT2D eigenvalue weighted by Gasteiger charge is 2.25. The first-order chi connectivity index (χ1) is 10.0. The first kappa shape index (κ1) is 15.3. The van der Waals surface area contributed by atoms with Crippen LogP contribution in [0.2, 0.25) is 10.0 Å². The summed E-state index contributed by atoms with van der Waals surface area (Å²) in [6.07, 6.45) is 3.50. The van der Waals surface area contributed by atoms with Gasteiger partial charge in [-0.05, 0) is 50.8 Å². The standard InChI is InChI=1S/C16H18Cl2N2S/c1-9(2)19-15(11-7-6-10(17)8-12(11)18)16-20-13-4-3-5-14(13)21-16/h6-9,15,19H,3-5H2,1-2H3. The molecule has 0 spiro atoms. The average Bonchev–Trinajstić information content (AvgIpc) is 2.96. The number of hydrogen-bond acceptors (Lipinski definition) is 3. The highest BCUT2D eigenvalue weighted by Crippen LogP contribution is 2.36. The Hall–Kier alpha value is -0.610. The zero-order chi connectivity index (χ0) is 15.0. The van der Waals surface area contributed by atoms with Gasteiger partial charge in [-0.3, -0.25) is 0 Å². The third-order valence-electron chi connectivity index (χ3n) is 3.63. The molecule has 112 valence electrons. The molecule has 5 heteroatoms. The van der Waals surface area contributed by atoms with Gasteiger partial charge in [-0.15, -0.1) is 11.3 Å². The molecule has 1 N–H and O–H groups in total. The molecule has 1 aliphatic carbocycles. The summed E-state index contributed by atoms with van der Waals surface area (Å²) in [4.78, 5) is 6.28. The second-order valence-electron chi connectivity index (χ2n) is 5.70. The minimum atomic E-state index is 0.0327. The van der Waals surface area contributed by atoms with Crippen LogP contribution in [-0.2, 0) is 12.8 Å². The van der Waals surface area contributed by atoms with Crippen LogP contribution in [0.25, 0.3) is 0 Å². The Kier molecular flexibility index (Phi) is 4.55. The molecule has 0 saturated carbocycles. The fourth-order valence-corrected chi connectivity index (χ4v) is 4.45. The second kappa shape index (κ2) is 6.25. The Morgan fingerprint density at radius 1 is 1.24 bits per heavy atom. The molecule has 0 radical (unpaired) electrons.